The quantitative estimate of drug-likeness (QED) is 0.0204. The first-order valence-electron chi connectivity index (χ1n) is 18.3. The third-order valence-corrected chi connectivity index (χ3v) is 10.0. The van der Waals surface area contributed by atoms with E-state index >= 15 is 0 Å². The molecule has 0 radical (unpaired) electrons. The summed E-state index contributed by atoms with van der Waals surface area (Å²) in [6, 6.07) is 0. The van der Waals surface area contributed by atoms with Gasteiger partial charge in [0.15, 0.2) is 6.10 Å². The van der Waals surface area contributed by atoms with Crippen molar-refractivity contribution in [1.82, 2.24) is 0 Å². The average Bonchev–Trinajstić information content (AvgIpc) is 3.12. The Kier molecular flexibility index (Phi) is 25.7. The Morgan fingerprint density at radius 3 is 1.56 bits per heavy atom. The first-order valence-corrected chi connectivity index (χ1v) is 22.8. The minimum atomic E-state index is -5.61. The Morgan fingerprint density at radius 2 is 1.05 bits per heavy atom. The second kappa shape index (κ2) is 28.0. The summed E-state index contributed by atoms with van der Waals surface area (Å²) in [5.41, 5.74) is 0. The van der Waals surface area contributed by atoms with E-state index in [1.165, 1.54) is 44.9 Å². The van der Waals surface area contributed by atoms with Gasteiger partial charge in [-0.05, 0) is 48.9 Å². The summed E-state index contributed by atoms with van der Waals surface area (Å²) in [5, 5.41) is 31.6. The summed E-state index contributed by atoms with van der Waals surface area (Å²) in [4.78, 5) is 72.1. The van der Waals surface area contributed by atoms with Crippen LogP contribution in [-0.2, 0) is 50.9 Å². The predicted octanol–water partition coefficient (Wildman–Crippen LogP) is 2.51. The molecule has 0 aromatic rings. The molecule has 5 unspecified atom stereocenters. The molecule has 0 saturated heterocycles. The molecular formula is C35H53O19P3. The largest absolute Gasteiger partial charge is 0.472 e. The summed E-state index contributed by atoms with van der Waals surface area (Å²) in [6.07, 6.45) is -2.80. The van der Waals surface area contributed by atoms with Gasteiger partial charge in [0, 0.05) is 12.3 Å². The number of carbonyl (C=O) groups excluding carboxylic acids is 2. The van der Waals surface area contributed by atoms with Gasteiger partial charge in [-0.1, -0.05) is 89.9 Å². The Morgan fingerprint density at radius 1 is 0.596 bits per heavy atom. The van der Waals surface area contributed by atoms with Crippen LogP contribution in [0.1, 0.15) is 104 Å². The number of rotatable bonds is 26. The zero-order chi connectivity index (χ0) is 42.9. The Balaban J connectivity index is 2.91. The van der Waals surface area contributed by atoms with Gasteiger partial charge in [-0.2, -0.15) is 0 Å². The van der Waals surface area contributed by atoms with Crippen LogP contribution in [0.4, 0.5) is 0 Å². The third-order valence-electron chi connectivity index (χ3n) is 8.00. The van der Waals surface area contributed by atoms with E-state index in [4.69, 9.17) is 28.3 Å². The lowest BCUT2D eigenvalue weighted by atomic mass is 9.85. The zero-order valence-electron chi connectivity index (χ0n) is 31.8. The van der Waals surface area contributed by atoms with Gasteiger partial charge < -0.3 is 49.3 Å². The van der Waals surface area contributed by atoms with Crippen molar-refractivity contribution in [3.8, 4) is 47.4 Å². The maximum atomic E-state index is 12.9. The number of unbranched alkanes of at least 4 members (excludes halogenated alkanes) is 12. The van der Waals surface area contributed by atoms with Crippen LogP contribution in [0.2, 0.25) is 0 Å². The lowest BCUT2D eigenvalue weighted by Crippen LogP contribution is -2.65. The first-order chi connectivity index (χ1) is 26.8. The highest BCUT2D eigenvalue weighted by molar-refractivity contribution is 7.47. The molecule has 22 heteroatoms. The molecule has 1 aliphatic carbocycles. The number of hydrogen-bond acceptors (Lipinski definition) is 14. The monoisotopic (exact) mass is 870 g/mol. The highest BCUT2D eigenvalue weighted by Crippen LogP contribution is 2.51. The molecule has 1 saturated carbocycles. The zero-order valence-corrected chi connectivity index (χ0v) is 34.4. The molecule has 0 amide bonds. The van der Waals surface area contributed by atoms with E-state index in [-0.39, 0.29) is 6.42 Å². The molecule has 1 rings (SSSR count). The number of esters is 2. The fourth-order valence-corrected chi connectivity index (χ4v) is 7.43. The average molecular weight is 871 g/mol. The molecule has 57 heavy (non-hydrogen) atoms. The maximum Gasteiger partial charge on any atom is 0.472 e. The molecule has 1 fully saturated rings. The molecule has 322 valence electrons. The molecule has 0 aromatic carbocycles. The van der Waals surface area contributed by atoms with Crippen molar-refractivity contribution >= 4 is 35.4 Å². The molecule has 1 aliphatic rings. The second-order valence-corrected chi connectivity index (χ2v) is 16.5. The standard InChI is InChI=1S/C35H53O19P3/c1-3-5-7-9-11-12-13-14-15-16-18-20-22-24-29(37)51-27(25-49-28(36)23-21-19-17-10-8-6-4-2)26-50-57(47,48)54-33-30(38)31(39)34(52-55(41,42)43)35(32(33)40)53-56(44,45)46/h27,30-35,38-40H,3,5,7,9,11-16,18,20,22,24-26H2,1-2H3,(H,47,48)(H2,41,42,43)(H2,44,45,46)/t27-,30?,31-,32?,33?,34?,35-/m1/s1. The fraction of sp³-hybridized carbons (Fsp3) is 0.714. The van der Waals surface area contributed by atoms with Crippen LogP contribution in [0, 0.1) is 47.4 Å². The van der Waals surface area contributed by atoms with Crippen LogP contribution < -0.4 is 0 Å². The Hall–Kier alpha value is -2.61. The lowest BCUT2D eigenvalue weighted by molar-refractivity contribution is -0.213. The third kappa shape index (κ3) is 24.8. The second-order valence-electron chi connectivity index (χ2n) is 12.8. The van der Waals surface area contributed by atoms with Gasteiger partial charge in [0.25, 0.3) is 0 Å². The van der Waals surface area contributed by atoms with Crippen LogP contribution in [0.25, 0.3) is 0 Å². The molecule has 0 bridgehead atoms. The molecule has 19 nitrogen and oxygen atoms in total. The molecule has 0 heterocycles. The van der Waals surface area contributed by atoms with E-state index in [0.717, 1.165) is 32.1 Å². The molecule has 8 atom stereocenters. The number of aliphatic hydroxyl groups is 3. The number of phosphoric acid groups is 3. The topological polar surface area (TPSA) is 303 Å². The van der Waals surface area contributed by atoms with Crippen LogP contribution in [0.3, 0.4) is 0 Å². The van der Waals surface area contributed by atoms with Crippen molar-refractivity contribution in [1.29, 1.82) is 0 Å². The van der Waals surface area contributed by atoms with E-state index in [2.05, 4.69) is 57.4 Å². The van der Waals surface area contributed by atoms with E-state index in [1.54, 1.807) is 6.92 Å². The van der Waals surface area contributed by atoms with E-state index in [9.17, 15) is 53.3 Å². The van der Waals surface area contributed by atoms with Gasteiger partial charge in [-0.15, -0.1) is 0 Å². The van der Waals surface area contributed by atoms with Crippen molar-refractivity contribution in [2.45, 2.75) is 146 Å². The molecule has 0 spiro atoms. The number of ether oxygens (including phenoxy) is 2. The van der Waals surface area contributed by atoms with Crippen LogP contribution in [0.5, 0.6) is 0 Å². The normalized spacial score (nSPS) is 22.1. The smallest absolute Gasteiger partial charge is 0.456 e. The summed E-state index contributed by atoms with van der Waals surface area (Å²) < 4.78 is 64.3. The summed E-state index contributed by atoms with van der Waals surface area (Å²) in [6.45, 7) is 1.99. The molecule has 0 aromatic heterocycles. The highest BCUT2D eigenvalue weighted by Gasteiger charge is 2.56. The van der Waals surface area contributed by atoms with E-state index < -0.39 is 91.3 Å². The van der Waals surface area contributed by atoms with Gasteiger partial charge in [-0.3, -0.25) is 22.9 Å². The molecule has 0 aliphatic heterocycles. The van der Waals surface area contributed by atoms with Gasteiger partial charge in [0.2, 0.25) is 0 Å². The number of carbonyl (C=O) groups is 2. The number of hydrogen-bond donors (Lipinski definition) is 8. The van der Waals surface area contributed by atoms with Gasteiger partial charge in [-0.25, -0.2) is 18.5 Å². The van der Waals surface area contributed by atoms with Crippen LogP contribution in [-0.4, -0.2) is 108 Å². The highest BCUT2D eigenvalue weighted by atomic mass is 31.2. The van der Waals surface area contributed by atoms with Gasteiger partial charge in [0.05, 0.1) is 6.61 Å². The van der Waals surface area contributed by atoms with E-state index in [0.29, 0.717) is 6.42 Å². The predicted molar refractivity (Wildman–Crippen MR) is 200 cm³/mol. The lowest BCUT2D eigenvalue weighted by Gasteiger charge is -2.44. The van der Waals surface area contributed by atoms with Crippen LogP contribution >= 0.6 is 23.5 Å². The minimum absolute atomic E-state index is 0.0640. The maximum absolute atomic E-state index is 12.9. The van der Waals surface area contributed by atoms with Crippen molar-refractivity contribution in [3.05, 3.63) is 0 Å². The number of aliphatic hydroxyl groups excluding tert-OH is 3. The van der Waals surface area contributed by atoms with Crippen molar-refractivity contribution < 1.29 is 90.6 Å². The van der Waals surface area contributed by atoms with Crippen LogP contribution in [0.15, 0.2) is 0 Å². The Labute approximate surface area is 332 Å². The molecule has 8 N–H and O–H groups in total. The summed E-state index contributed by atoms with van der Waals surface area (Å²) in [5.74, 6) is 16.6. The number of phosphoric ester groups is 3. The SMILES string of the molecule is CC#CC#CC#CC#CC(=O)OC[C@H](COP(=O)(O)OC1C(O)[C@@H](O)C(OP(=O)(O)O)[C@H](OP(=O)(O)O)C1O)OC(=O)CCCCCCCCCCCCCCC. The van der Waals surface area contributed by atoms with E-state index in [1.807, 2.05) is 5.92 Å². The minimum Gasteiger partial charge on any atom is -0.456 e. The van der Waals surface area contributed by atoms with Gasteiger partial charge >= 0.3 is 35.4 Å². The Bertz CT molecular complexity index is 1650. The van der Waals surface area contributed by atoms with Crippen molar-refractivity contribution in [2.24, 2.45) is 0 Å². The van der Waals surface area contributed by atoms with Crippen molar-refractivity contribution in [3.63, 3.8) is 0 Å². The summed E-state index contributed by atoms with van der Waals surface area (Å²) in [7, 11) is -16.7. The summed E-state index contributed by atoms with van der Waals surface area (Å²) >= 11 is 0. The van der Waals surface area contributed by atoms with Crippen molar-refractivity contribution in [2.75, 3.05) is 13.2 Å². The van der Waals surface area contributed by atoms with Gasteiger partial charge in [0.1, 0.15) is 43.2 Å². The molecular weight excluding hydrogens is 817 g/mol. The first kappa shape index (κ1) is 52.4. The fourth-order valence-electron chi connectivity index (χ4n) is 5.34.